The summed E-state index contributed by atoms with van der Waals surface area (Å²) in [4.78, 5) is 30.7. The molecule has 11 nitrogen and oxygen atoms in total. The van der Waals surface area contributed by atoms with Crippen molar-refractivity contribution in [3.8, 4) is 5.69 Å². The van der Waals surface area contributed by atoms with E-state index in [0.717, 1.165) is 6.07 Å². The lowest BCUT2D eigenvalue weighted by atomic mass is 9.93. The second-order valence-electron chi connectivity index (χ2n) is 9.25. The molecule has 2 aliphatic heterocycles. The number of halogens is 1. The van der Waals surface area contributed by atoms with Crippen LogP contribution in [0.5, 0.6) is 0 Å². The highest BCUT2D eigenvalue weighted by molar-refractivity contribution is 7.88. The number of piperidine rings is 1. The number of hydrogen-bond acceptors (Lipinski definition) is 7. The molecule has 13 heteroatoms. The lowest BCUT2D eigenvalue weighted by Crippen LogP contribution is -2.37. The summed E-state index contributed by atoms with van der Waals surface area (Å²) in [5.74, 6) is -2.00. The van der Waals surface area contributed by atoms with Gasteiger partial charge in [0.2, 0.25) is 10.0 Å². The van der Waals surface area contributed by atoms with Crippen molar-refractivity contribution >= 4 is 21.9 Å². The van der Waals surface area contributed by atoms with Crippen molar-refractivity contribution in [2.45, 2.75) is 31.7 Å². The number of carbonyl (C=O) groups is 2. The van der Waals surface area contributed by atoms with Crippen molar-refractivity contribution < 1.29 is 27.5 Å². The first kappa shape index (κ1) is 25.0. The molecule has 1 fully saturated rings. The zero-order valence-corrected chi connectivity index (χ0v) is 20.9. The number of aromatic carboxylic acids is 1. The lowest BCUT2D eigenvalue weighted by molar-refractivity contribution is 0.0693. The Labute approximate surface area is 212 Å². The Morgan fingerprint density at radius 1 is 1.08 bits per heavy atom. The molecule has 0 radical (unpaired) electrons. The summed E-state index contributed by atoms with van der Waals surface area (Å²) in [6.07, 6.45) is 7.35. The number of aromatic nitrogens is 4. The minimum Gasteiger partial charge on any atom is -0.478 e. The third-order valence-electron chi connectivity index (χ3n) is 7.00. The van der Waals surface area contributed by atoms with E-state index in [-0.39, 0.29) is 42.5 Å². The van der Waals surface area contributed by atoms with Crippen molar-refractivity contribution in [2.24, 2.45) is 0 Å². The Bertz CT molecular complexity index is 1480. The molecule has 1 saturated heterocycles. The minimum absolute atomic E-state index is 0.0348. The first-order valence-corrected chi connectivity index (χ1v) is 13.6. The molecule has 0 spiro atoms. The van der Waals surface area contributed by atoms with Gasteiger partial charge in [0.15, 0.2) is 0 Å². The van der Waals surface area contributed by atoms with Gasteiger partial charge in [-0.2, -0.15) is 0 Å². The van der Waals surface area contributed by atoms with Gasteiger partial charge < -0.3 is 10.0 Å². The van der Waals surface area contributed by atoms with Gasteiger partial charge in [-0.05, 0) is 43.0 Å². The maximum absolute atomic E-state index is 14.6. The average Bonchev–Trinajstić information content (AvgIpc) is 3.38. The number of fused-ring (bicyclic) bond motifs is 1. The Kier molecular flexibility index (Phi) is 6.50. The molecule has 0 unspecified atom stereocenters. The number of hydrogen-bond donors (Lipinski definition) is 1. The van der Waals surface area contributed by atoms with Gasteiger partial charge in [0, 0.05) is 43.9 Å². The molecule has 194 valence electrons. The van der Waals surface area contributed by atoms with Crippen LogP contribution in [0.25, 0.3) is 5.69 Å². The number of rotatable bonds is 5. The van der Waals surface area contributed by atoms with Gasteiger partial charge in [-0.15, -0.1) is 5.10 Å². The van der Waals surface area contributed by atoms with Crippen LogP contribution < -0.4 is 0 Å². The first-order valence-electron chi connectivity index (χ1n) is 11.8. The summed E-state index contributed by atoms with van der Waals surface area (Å²) in [6.45, 7) is 0.996. The minimum atomic E-state index is -3.23. The number of benzene rings is 1. The highest BCUT2D eigenvalue weighted by Crippen LogP contribution is 2.29. The molecular formula is C24H25FN6O5S. The van der Waals surface area contributed by atoms with Crippen molar-refractivity contribution in [3.63, 3.8) is 0 Å². The second kappa shape index (κ2) is 9.63. The fourth-order valence-corrected chi connectivity index (χ4v) is 5.87. The monoisotopic (exact) mass is 528 g/mol. The molecule has 2 aromatic heterocycles. The maximum atomic E-state index is 14.6. The third kappa shape index (κ3) is 4.83. The summed E-state index contributed by atoms with van der Waals surface area (Å²) in [7, 11) is -3.23. The molecule has 2 aliphatic rings. The number of amides is 1. The van der Waals surface area contributed by atoms with Crippen LogP contribution in [0.1, 0.15) is 56.3 Å². The van der Waals surface area contributed by atoms with Crippen LogP contribution in [0.2, 0.25) is 0 Å². The highest BCUT2D eigenvalue weighted by atomic mass is 32.2. The summed E-state index contributed by atoms with van der Waals surface area (Å²) in [5.41, 5.74) is 2.08. The smallest absolute Gasteiger partial charge is 0.335 e. The molecule has 4 heterocycles. The SMILES string of the molecule is CS(=O)(=O)N1CCC(c2cn(-c3cnccc3C(=O)N3CCc4c(C(=O)O)ccc(F)c4C3)nn2)CC1. The molecule has 5 rings (SSSR count). The van der Waals surface area contributed by atoms with Crippen molar-refractivity contribution in [1.29, 1.82) is 0 Å². The van der Waals surface area contributed by atoms with Crippen LogP contribution in [0.4, 0.5) is 4.39 Å². The van der Waals surface area contributed by atoms with Crippen molar-refractivity contribution in [3.05, 3.63) is 70.6 Å². The summed E-state index contributed by atoms with van der Waals surface area (Å²) < 4.78 is 41.1. The van der Waals surface area contributed by atoms with Gasteiger partial charge in [0.1, 0.15) is 5.82 Å². The molecule has 1 amide bonds. The Hall–Kier alpha value is -3.71. The van der Waals surface area contributed by atoms with Crippen molar-refractivity contribution in [1.82, 2.24) is 29.2 Å². The normalized spacial score (nSPS) is 17.0. The number of nitrogens with zero attached hydrogens (tertiary/aromatic N) is 6. The first-order chi connectivity index (χ1) is 17.6. The molecular weight excluding hydrogens is 503 g/mol. The molecule has 37 heavy (non-hydrogen) atoms. The standard InChI is InChI=1S/C24H25FN6O5S/c1-37(35,36)30-10-5-15(6-11-30)21-14-31(28-27-21)22-12-26-8-4-18(22)23(32)29-9-7-16-17(24(33)34)2-3-20(25)19(16)13-29/h2-4,8,12,14-15H,5-7,9-11,13H2,1H3,(H,33,34). The van der Waals surface area contributed by atoms with Gasteiger partial charge in [-0.1, -0.05) is 5.21 Å². The highest BCUT2D eigenvalue weighted by Gasteiger charge is 2.30. The van der Waals surface area contributed by atoms with Crippen LogP contribution in [0.15, 0.2) is 36.8 Å². The maximum Gasteiger partial charge on any atom is 0.335 e. The number of pyridine rings is 1. The summed E-state index contributed by atoms with van der Waals surface area (Å²) in [6, 6.07) is 3.93. The molecule has 0 saturated carbocycles. The fraction of sp³-hybridized carbons (Fsp3) is 0.375. The molecule has 1 N–H and O–H groups in total. The Morgan fingerprint density at radius 3 is 2.54 bits per heavy atom. The topological polar surface area (TPSA) is 139 Å². The predicted octanol–water partition coefficient (Wildman–Crippen LogP) is 1.84. The third-order valence-corrected chi connectivity index (χ3v) is 8.31. The largest absolute Gasteiger partial charge is 0.478 e. The Morgan fingerprint density at radius 2 is 1.84 bits per heavy atom. The van der Waals surface area contributed by atoms with Crippen molar-refractivity contribution in [2.75, 3.05) is 25.9 Å². The number of carboxylic acids is 1. The summed E-state index contributed by atoms with van der Waals surface area (Å²) >= 11 is 0. The van der Waals surface area contributed by atoms with Crippen LogP contribution >= 0.6 is 0 Å². The van der Waals surface area contributed by atoms with Gasteiger partial charge >= 0.3 is 5.97 Å². The Balaban J connectivity index is 1.37. The average molecular weight is 529 g/mol. The quantitative estimate of drug-likeness (QED) is 0.529. The van der Waals surface area contributed by atoms with E-state index in [2.05, 4.69) is 15.3 Å². The van der Waals surface area contributed by atoms with E-state index in [1.165, 1.54) is 38.6 Å². The molecule has 3 aromatic rings. The van der Waals surface area contributed by atoms with E-state index in [0.29, 0.717) is 48.4 Å². The zero-order chi connectivity index (χ0) is 26.3. The lowest BCUT2D eigenvalue weighted by Gasteiger charge is -2.30. The number of sulfonamides is 1. The van der Waals surface area contributed by atoms with E-state index in [1.807, 2.05) is 0 Å². The summed E-state index contributed by atoms with van der Waals surface area (Å²) in [5, 5.41) is 17.9. The second-order valence-corrected chi connectivity index (χ2v) is 11.2. The van der Waals surface area contributed by atoms with E-state index in [4.69, 9.17) is 0 Å². The molecule has 0 bridgehead atoms. The van der Waals surface area contributed by atoms with Gasteiger partial charge in [-0.25, -0.2) is 26.6 Å². The molecule has 0 atom stereocenters. The number of carbonyl (C=O) groups excluding carboxylic acids is 1. The fourth-order valence-electron chi connectivity index (χ4n) is 5.00. The van der Waals surface area contributed by atoms with Crippen LogP contribution in [0.3, 0.4) is 0 Å². The van der Waals surface area contributed by atoms with Crippen LogP contribution in [-0.2, 0) is 23.0 Å². The van der Waals surface area contributed by atoms with E-state index in [9.17, 15) is 27.5 Å². The van der Waals surface area contributed by atoms with Gasteiger partial charge in [0.05, 0.1) is 41.2 Å². The molecule has 1 aromatic carbocycles. The van der Waals surface area contributed by atoms with Crippen LogP contribution in [-0.4, -0.2) is 80.5 Å². The number of carboxylic acid groups (broad SMARTS) is 1. The predicted molar refractivity (Wildman–Crippen MR) is 129 cm³/mol. The van der Waals surface area contributed by atoms with E-state index >= 15 is 0 Å². The zero-order valence-electron chi connectivity index (χ0n) is 20.0. The van der Waals surface area contributed by atoms with E-state index < -0.39 is 21.8 Å². The van der Waals surface area contributed by atoms with Crippen LogP contribution in [0, 0.1) is 5.82 Å². The molecule has 0 aliphatic carbocycles. The van der Waals surface area contributed by atoms with E-state index in [1.54, 1.807) is 12.3 Å². The van der Waals surface area contributed by atoms with Gasteiger partial charge in [0.25, 0.3) is 5.91 Å². The van der Waals surface area contributed by atoms with Gasteiger partial charge in [-0.3, -0.25) is 9.78 Å².